The molecular formula is C25H28F4N4O6. The van der Waals surface area contributed by atoms with E-state index < -0.39 is 72.4 Å². The van der Waals surface area contributed by atoms with E-state index in [-0.39, 0.29) is 42.5 Å². The molecule has 1 saturated heterocycles. The Morgan fingerprint density at radius 2 is 2.05 bits per heavy atom. The van der Waals surface area contributed by atoms with Crippen LogP contribution in [0.3, 0.4) is 0 Å². The average molecular weight is 557 g/mol. The Labute approximate surface area is 219 Å². The fourth-order valence-electron chi connectivity index (χ4n) is 4.73. The third-order valence-corrected chi connectivity index (χ3v) is 6.74. The van der Waals surface area contributed by atoms with Gasteiger partial charge in [0.15, 0.2) is 5.72 Å². The molecule has 0 bridgehead atoms. The van der Waals surface area contributed by atoms with Gasteiger partial charge < -0.3 is 20.3 Å². The molecule has 1 aliphatic heterocycles. The van der Waals surface area contributed by atoms with Gasteiger partial charge in [-0.25, -0.2) is 9.18 Å². The Hall–Kier alpha value is -3.54. The molecule has 4 atom stereocenters. The molecule has 3 rings (SSSR count). The number of aliphatic hydroxyl groups excluding tert-OH is 2. The van der Waals surface area contributed by atoms with Gasteiger partial charge in [0, 0.05) is 30.3 Å². The molecule has 212 valence electrons. The van der Waals surface area contributed by atoms with Gasteiger partial charge in [-0.3, -0.25) is 19.1 Å². The van der Waals surface area contributed by atoms with Crippen LogP contribution in [0.25, 0.3) is 0 Å². The summed E-state index contributed by atoms with van der Waals surface area (Å²) in [7, 11) is 0. The number of amides is 1. The molecule has 1 unspecified atom stereocenters. The van der Waals surface area contributed by atoms with Crippen LogP contribution in [0.5, 0.6) is 0 Å². The van der Waals surface area contributed by atoms with E-state index >= 15 is 0 Å². The minimum Gasteiger partial charge on any atom is -0.394 e. The van der Waals surface area contributed by atoms with Crippen molar-refractivity contribution in [3.63, 3.8) is 0 Å². The lowest BCUT2D eigenvalue weighted by Crippen LogP contribution is -2.53. The van der Waals surface area contributed by atoms with E-state index in [2.05, 4.69) is 5.32 Å². The smallest absolute Gasteiger partial charge is 0.394 e. The van der Waals surface area contributed by atoms with E-state index in [9.17, 15) is 42.2 Å². The van der Waals surface area contributed by atoms with E-state index in [1.165, 1.54) is 13.0 Å². The fraction of sp³-hybridized carbons (Fsp3) is 0.520. The molecule has 0 spiro atoms. The van der Waals surface area contributed by atoms with E-state index in [1.54, 1.807) is 6.07 Å². The first kappa shape index (κ1) is 30.0. The summed E-state index contributed by atoms with van der Waals surface area (Å²) in [5.41, 5.74) is -4.61. The van der Waals surface area contributed by atoms with Crippen LogP contribution in [0.4, 0.5) is 17.6 Å². The van der Waals surface area contributed by atoms with Gasteiger partial charge in [0.2, 0.25) is 0 Å². The number of benzene rings is 1. The molecule has 14 heteroatoms. The number of nitrogens with one attached hydrogen (secondary N) is 2. The van der Waals surface area contributed by atoms with Gasteiger partial charge in [-0.15, -0.1) is 0 Å². The minimum atomic E-state index is -4.89. The monoisotopic (exact) mass is 556 g/mol. The van der Waals surface area contributed by atoms with Crippen molar-refractivity contribution in [2.75, 3.05) is 13.2 Å². The standard InChI is InChI=1S/C25H28F4N4O6/c1-14-12-33(23(38)32-21(14)36)24(10-18(35)19(13-34)39-24)20(25(27,28)29)5-3-2-4-8-31-22(37)15-6-7-17(26)16(9-15)11-30/h6-7,9,12,18-20,34-35H,2-5,8,10,13H2,1H3,(H,31,37)(H,32,36,38)/t18-,19+,20?,24-/m0/s1. The van der Waals surface area contributed by atoms with Gasteiger partial charge in [-0.05, 0) is 38.0 Å². The van der Waals surface area contributed by atoms with Crippen molar-refractivity contribution in [2.24, 2.45) is 5.92 Å². The minimum absolute atomic E-state index is 0.00272. The molecule has 2 heterocycles. The number of halogens is 4. The van der Waals surface area contributed by atoms with Crippen molar-refractivity contribution >= 4 is 5.91 Å². The number of carbonyl (C=O) groups is 1. The molecule has 10 nitrogen and oxygen atoms in total. The van der Waals surface area contributed by atoms with Crippen molar-refractivity contribution in [3.8, 4) is 6.07 Å². The summed E-state index contributed by atoms with van der Waals surface area (Å²) in [5.74, 6) is -3.62. The van der Waals surface area contributed by atoms with Crippen molar-refractivity contribution < 1.29 is 37.3 Å². The zero-order valence-corrected chi connectivity index (χ0v) is 20.9. The summed E-state index contributed by atoms with van der Waals surface area (Å²) in [6.07, 6.45) is -7.45. The number of H-pyrrole nitrogens is 1. The Bertz CT molecular complexity index is 1350. The molecule has 4 N–H and O–H groups in total. The highest BCUT2D eigenvalue weighted by Gasteiger charge is 2.61. The number of aliphatic hydroxyl groups is 2. The number of aromatic nitrogens is 2. The number of alkyl halides is 3. The number of hydrogen-bond donors (Lipinski definition) is 4. The first-order valence-corrected chi connectivity index (χ1v) is 12.2. The SMILES string of the molecule is Cc1cn([C@@]2(C(CCCCCNC(=O)c3ccc(F)c(C#N)c3)C(F)(F)F)C[C@H](O)[C@@H](CO)O2)c(=O)[nH]c1=O. The second kappa shape index (κ2) is 12.1. The lowest BCUT2D eigenvalue weighted by atomic mass is 9.86. The van der Waals surface area contributed by atoms with Crippen molar-refractivity contribution in [2.45, 2.75) is 63.1 Å². The van der Waals surface area contributed by atoms with Crippen LogP contribution in [0, 0.1) is 30.0 Å². The molecule has 1 amide bonds. The molecule has 1 aromatic carbocycles. The summed E-state index contributed by atoms with van der Waals surface area (Å²) < 4.78 is 62.9. The average Bonchev–Trinajstić information content (AvgIpc) is 3.21. The Kier molecular flexibility index (Phi) is 9.31. The van der Waals surface area contributed by atoms with Gasteiger partial charge in [0.1, 0.15) is 23.9 Å². The van der Waals surface area contributed by atoms with Crippen LogP contribution in [-0.4, -0.2) is 57.2 Å². The highest BCUT2D eigenvalue weighted by Crippen LogP contribution is 2.49. The van der Waals surface area contributed by atoms with Crippen LogP contribution in [-0.2, 0) is 10.5 Å². The normalized spacial score (nSPS) is 21.9. The molecule has 2 aromatic rings. The second-order valence-electron chi connectivity index (χ2n) is 9.40. The maximum absolute atomic E-state index is 14.4. The van der Waals surface area contributed by atoms with Gasteiger partial charge in [0.25, 0.3) is 11.5 Å². The van der Waals surface area contributed by atoms with E-state index in [0.717, 1.165) is 18.3 Å². The molecule has 0 aliphatic carbocycles. The predicted octanol–water partition coefficient (Wildman–Crippen LogP) is 1.82. The van der Waals surface area contributed by atoms with Gasteiger partial charge in [0.05, 0.1) is 18.3 Å². The van der Waals surface area contributed by atoms with E-state index in [1.807, 2.05) is 4.98 Å². The lowest BCUT2D eigenvalue weighted by Gasteiger charge is -2.39. The number of unbranched alkanes of at least 4 members (excludes halogenated alkanes) is 2. The van der Waals surface area contributed by atoms with Crippen LogP contribution >= 0.6 is 0 Å². The van der Waals surface area contributed by atoms with Crippen LogP contribution in [0.2, 0.25) is 0 Å². The zero-order valence-electron chi connectivity index (χ0n) is 20.9. The van der Waals surface area contributed by atoms with Crippen molar-refractivity contribution in [3.05, 3.63) is 67.7 Å². The summed E-state index contributed by atoms with van der Waals surface area (Å²) in [4.78, 5) is 38.6. The Balaban J connectivity index is 1.72. The number of nitrogens with zero attached hydrogens (tertiary/aromatic N) is 2. The first-order chi connectivity index (χ1) is 18.3. The van der Waals surface area contributed by atoms with Crippen LogP contribution in [0.15, 0.2) is 34.0 Å². The van der Waals surface area contributed by atoms with E-state index in [4.69, 9.17) is 10.00 Å². The molecular weight excluding hydrogens is 528 g/mol. The third kappa shape index (κ3) is 6.55. The molecule has 0 radical (unpaired) electrons. The highest BCUT2D eigenvalue weighted by atomic mass is 19.4. The molecule has 1 aromatic heterocycles. The number of ether oxygens (including phenoxy) is 1. The van der Waals surface area contributed by atoms with Crippen molar-refractivity contribution in [1.29, 1.82) is 5.26 Å². The molecule has 39 heavy (non-hydrogen) atoms. The summed E-state index contributed by atoms with van der Waals surface area (Å²) in [6, 6.07) is 4.91. The van der Waals surface area contributed by atoms with Gasteiger partial charge in [-0.2, -0.15) is 18.4 Å². The molecule has 0 saturated carbocycles. The molecule has 1 aliphatic rings. The highest BCUT2D eigenvalue weighted by molar-refractivity contribution is 5.94. The van der Waals surface area contributed by atoms with Gasteiger partial charge >= 0.3 is 11.9 Å². The summed E-state index contributed by atoms with van der Waals surface area (Å²) in [5, 5.41) is 31.3. The second-order valence-corrected chi connectivity index (χ2v) is 9.40. The van der Waals surface area contributed by atoms with Crippen LogP contribution < -0.4 is 16.6 Å². The topological polar surface area (TPSA) is 157 Å². The number of aryl methyl sites for hydroxylation is 1. The maximum Gasteiger partial charge on any atom is 0.396 e. The number of rotatable bonds is 10. The maximum atomic E-state index is 14.4. The zero-order chi connectivity index (χ0) is 29.0. The van der Waals surface area contributed by atoms with Crippen molar-refractivity contribution in [1.82, 2.24) is 14.9 Å². The predicted molar refractivity (Wildman–Crippen MR) is 128 cm³/mol. The summed E-state index contributed by atoms with van der Waals surface area (Å²) >= 11 is 0. The summed E-state index contributed by atoms with van der Waals surface area (Å²) in [6.45, 7) is 0.621. The van der Waals surface area contributed by atoms with Gasteiger partial charge in [-0.1, -0.05) is 12.8 Å². The Morgan fingerprint density at radius 1 is 1.33 bits per heavy atom. The van der Waals surface area contributed by atoms with E-state index in [0.29, 0.717) is 4.57 Å². The number of carbonyl (C=O) groups excluding carboxylic acids is 1. The Morgan fingerprint density at radius 3 is 2.67 bits per heavy atom. The third-order valence-electron chi connectivity index (χ3n) is 6.74. The number of aromatic amines is 1. The first-order valence-electron chi connectivity index (χ1n) is 12.2. The van der Waals surface area contributed by atoms with Crippen LogP contribution in [0.1, 0.15) is 53.6 Å². The number of nitriles is 1. The molecule has 1 fully saturated rings. The largest absolute Gasteiger partial charge is 0.396 e. The number of hydrogen-bond acceptors (Lipinski definition) is 7. The fourth-order valence-corrected chi connectivity index (χ4v) is 4.73. The lowest BCUT2D eigenvalue weighted by molar-refractivity contribution is -0.266. The quantitative estimate of drug-likeness (QED) is 0.257.